The molecule has 36 heavy (non-hydrogen) atoms. The van der Waals surface area contributed by atoms with Crippen LogP contribution in [-0.2, 0) is 6.18 Å². The van der Waals surface area contributed by atoms with E-state index < -0.39 is 11.7 Å². The molecule has 10 heteroatoms. The van der Waals surface area contributed by atoms with Gasteiger partial charge >= 0.3 is 6.18 Å². The van der Waals surface area contributed by atoms with Gasteiger partial charge in [-0.1, -0.05) is 35.5 Å². The molecule has 1 atom stereocenters. The summed E-state index contributed by atoms with van der Waals surface area (Å²) in [5, 5.41) is 13.1. The van der Waals surface area contributed by atoms with E-state index >= 15 is 0 Å². The Morgan fingerprint density at radius 3 is 2.56 bits per heavy atom. The highest BCUT2D eigenvalue weighted by Gasteiger charge is 2.36. The Kier molecular flexibility index (Phi) is 6.73. The van der Waals surface area contributed by atoms with Crippen molar-refractivity contribution in [3.63, 3.8) is 0 Å². The minimum Gasteiger partial charge on any atom is -0.340 e. The van der Waals surface area contributed by atoms with Crippen LogP contribution in [0.25, 0.3) is 0 Å². The molecule has 1 saturated heterocycles. The minimum absolute atomic E-state index is 0.126. The monoisotopic (exact) mass is 527 g/mol. The summed E-state index contributed by atoms with van der Waals surface area (Å²) in [6, 6.07) is 18.6. The van der Waals surface area contributed by atoms with Gasteiger partial charge in [-0.15, -0.1) is 4.99 Å². The van der Waals surface area contributed by atoms with E-state index in [1.54, 1.807) is 30.3 Å². The molecule has 0 amide bonds. The lowest BCUT2D eigenvalue weighted by Gasteiger charge is -2.44. The van der Waals surface area contributed by atoms with E-state index in [1.165, 1.54) is 17.8 Å². The molecule has 0 aromatic heterocycles. The second-order valence-electron chi connectivity index (χ2n) is 8.53. The average Bonchev–Trinajstić information content (AvgIpc) is 2.87. The number of para-hydroxylation sites is 1. The van der Waals surface area contributed by atoms with Crippen LogP contribution >= 0.6 is 23.4 Å². The molecule has 0 spiro atoms. The van der Waals surface area contributed by atoms with Gasteiger partial charge in [-0.05, 0) is 67.4 Å². The van der Waals surface area contributed by atoms with Crippen molar-refractivity contribution in [2.24, 2.45) is 4.99 Å². The molecule has 2 heterocycles. The summed E-state index contributed by atoms with van der Waals surface area (Å²) in [7, 11) is 0. The summed E-state index contributed by atoms with van der Waals surface area (Å²) < 4.78 is 40.8. The number of anilines is 3. The molecule has 1 N–H and O–H groups in total. The number of hydrogen-bond acceptors (Lipinski definition) is 4. The molecule has 2 aliphatic heterocycles. The number of benzene rings is 3. The maximum Gasteiger partial charge on any atom is 0.416 e. The van der Waals surface area contributed by atoms with E-state index in [0.717, 1.165) is 40.1 Å². The molecule has 1 unspecified atom stereocenters. The van der Waals surface area contributed by atoms with Crippen molar-refractivity contribution in [3.8, 4) is 6.19 Å². The van der Waals surface area contributed by atoms with Gasteiger partial charge in [-0.25, -0.2) is 0 Å². The highest BCUT2D eigenvalue weighted by Crippen LogP contribution is 2.51. The van der Waals surface area contributed by atoms with Crippen LogP contribution in [0.2, 0.25) is 5.02 Å². The second kappa shape index (κ2) is 9.96. The van der Waals surface area contributed by atoms with Crippen LogP contribution in [0.15, 0.2) is 81.5 Å². The molecular weight excluding hydrogens is 507 g/mol. The Labute approximate surface area is 216 Å². The Morgan fingerprint density at radius 1 is 1.06 bits per heavy atom. The Morgan fingerprint density at radius 2 is 1.81 bits per heavy atom. The minimum atomic E-state index is -4.43. The molecule has 3 aromatic rings. The SMILES string of the molecule is N#C/N=C(/Nc1ccc(Cl)cc1)N1CCCC(N2c3ccccc3Sc3ccc(C(F)(F)F)cc32)C1. The molecule has 3 aromatic carbocycles. The first kappa shape index (κ1) is 24.3. The molecule has 184 valence electrons. The van der Waals surface area contributed by atoms with E-state index in [-0.39, 0.29) is 6.04 Å². The normalized spacial score (nSPS) is 17.8. The van der Waals surface area contributed by atoms with Gasteiger partial charge in [0.2, 0.25) is 12.2 Å². The highest BCUT2D eigenvalue weighted by atomic mass is 35.5. The molecule has 0 bridgehead atoms. The van der Waals surface area contributed by atoms with E-state index in [2.05, 4.69) is 10.3 Å². The number of nitrogens with zero attached hydrogens (tertiary/aromatic N) is 4. The quantitative estimate of drug-likeness (QED) is 0.214. The standard InChI is InChI=1S/C26H21ClF3N5S/c27-18-8-10-19(11-9-18)33-25(32-16-31)34-13-3-4-20(15-34)35-21-5-1-2-6-23(21)36-24-12-7-17(14-22(24)35)26(28,29)30/h1-2,5-12,14,20H,3-4,13,15H2,(H,32,33). The molecular formula is C26H21ClF3N5S. The van der Waals surface area contributed by atoms with Crippen molar-refractivity contribution in [3.05, 3.63) is 77.3 Å². The fourth-order valence-corrected chi connectivity index (χ4v) is 5.78. The van der Waals surface area contributed by atoms with Gasteiger partial charge in [-0.2, -0.15) is 18.4 Å². The van der Waals surface area contributed by atoms with Crippen molar-refractivity contribution in [2.75, 3.05) is 23.3 Å². The lowest BCUT2D eigenvalue weighted by atomic mass is 10.0. The first-order chi connectivity index (χ1) is 17.3. The summed E-state index contributed by atoms with van der Waals surface area (Å²) >= 11 is 7.46. The zero-order valence-corrected chi connectivity index (χ0v) is 20.5. The zero-order valence-electron chi connectivity index (χ0n) is 19.0. The van der Waals surface area contributed by atoms with Crippen LogP contribution in [-0.4, -0.2) is 30.0 Å². The van der Waals surface area contributed by atoms with Crippen LogP contribution in [0.1, 0.15) is 18.4 Å². The van der Waals surface area contributed by atoms with Crippen LogP contribution < -0.4 is 10.2 Å². The first-order valence-electron chi connectivity index (χ1n) is 11.3. The number of hydrogen-bond donors (Lipinski definition) is 1. The van der Waals surface area contributed by atoms with Crippen LogP contribution in [0.3, 0.4) is 0 Å². The van der Waals surface area contributed by atoms with Crippen molar-refractivity contribution >= 4 is 46.4 Å². The van der Waals surface area contributed by atoms with Gasteiger partial charge in [0.05, 0.1) is 23.0 Å². The number of likely N-dealkylation sites (tertiary alicyclic amines) is 1. The van der Waals surface area contributed by atoms with Crippen molar-refractivity contribution in [1.29, 1.82) is 5.26 Å². The number of fused-ring (bicyclic) bond motifs is 2. The number of rotatable bonds is 2. The van der Waals surface area contributed by atoms with Gasteiger partial charge in [-0.3, -0.25) is 0 Å². The molecule has 5 nitrogen and oxygen atoms in total. The average molecular weight is 528 g/mol. The summed E-state index contributed by atoms with van der Waals surface area (Å²) in [6.45, 7) is 1.15. The number of nitrogens with one attached hydrogen (secondary N) is 1. The molecule has 1 fully saturated rings. The Balaban J connectivity index is 1.49. The second-order valence-corrected chi connectivity index (χ2v) is 10.0. The first-order valence-corrected chi connectivity index (χ1v) is 12.5. The van der Waals surface area contributed by atoms with Gasteiger partial charge in [0.1, 0.15) is 0 Å². The zero-order chi connectivity index (χ0) is 25.3. The van der Waals surface area contributed by atoms with Crippen molar-refractivity contribution in [1.82, 2.24) is 4.90 Å². The number of piperidine rings is 1. The lowest BCUT2D eigenvalue weighted by Crippen LogP contribution is -2.50. The third kappa shape index (κ3) is 4.97. The third-order valence-electron chi connectivity index (χ3n) is 6.21. The van der Waals surface area contributed by atoms with Crippen LogP contribution in [0.5, 0.6) is 0 Å². The smallest absolute Gasteiger partial charge is 0.340 e. The molecule has 0 saturated carbocycles. The number of guanidine groups is 1. The Hall–Kier alpha value is -3.35. The number of nitriles is 1. The van der Waals surface area contributed by atoms with E-state index in [1.807, 2.05) is 40.3 Å². The Bertz CT molecular complexity index is 1340. The predicted octanol–water partition coefficient (Wildman–Crippen LogP) is 7.38. The summed E-state index contributed by atoms with van der Waals surface area (Å²) in [6.07, 6.45) is -0.999. The summed E-state index contributed by atoms with van der Waals surface area (Å²) in [5.41, 5.74) is 1.49. The fraction of sp³-hybridized carbons (Fsp3) is 0.231. The van der Waals surface area contributed by atoms with E-state index in [4.69, 9.17) is 11.6 Å². The maximum atomic E-state index is 13.6. The van der Waals surface area contributed by atoms with Crippen molar-refractivity contribution < 1.29 is 13.2 Å². The lowest BCUT2D eigenvalue weighted by molar-refractivity contribution is -0.137. The van der Waals surface area contributed by atoms with Gasteiger partial charge in [0, 0.05) is 33.6 Å². The molecule has 0 radical (unpaired) electrons. The molecule has 0 aliphatic carbocycles. The fourth-order valence-electron chi connectivity index (χ4n) is 4.60. The van der Waals surface area contributed by atoms with Gasteiger partial charge in [0.15, 0.2) is 0 Å². The maximum absolute atomic E-state index is 13.6. The number of halogens is 4. The largest absolute Gasteiger partial charge is 0.416 e. The predicted molar refractivity (Wildman–Crippen MR) is 137 cm³/mol. The van der Waals surface area contributed by atoms with Crippen LogP contribution in [0, 0.1) is 11.5 Å². The summed E-state index contributed by atoms with van der Waals surface area (Å²) in [4.78, 5) is 9.79. The number of alkyl halides is 3. The highest BCUT2D eigenvalue weighted by molar-refractivity contribution is 7.99. The van der Waals surface area contributed by atoms with E-state index in [9.17, 15) is 18.4 Å². The van der Waals surface area contributed by atoms with Crippen LogP contribution in [0.4, 0.5) is 30.2 Å². The van der Waals surface area contributed by atoms with E-state index in [0.29, 0.717) is 29.8 Å². The third-order valence-corrected chi connectivity index (χ3v) is 7.59. The number of aliphatic imine (C=N–C) groups is 1. The van der Waals surface area contributed by atoms with Crippen molar-refractivity contribution in [2.45, 2.75) is 34.9 Å². The molecule has 5 rings (SSSR count). The summed E-state index contributed by atoms with van der Waals surface area (Å²) in [5.74, 6) is 0.397. The van der Waals surface area contributed by atoms with Gasteiger partial charge in [0.25, 0.3) is 0 Å². The topological polar surface area (TPSA) is 54.7 Å². The van der Waals surface area contributed by atoms with Gasteiger partial charge < -0.3 is 15.1 Å². The molecule has 2 aliphatic rings.